The fourth-order valence-corrected chi connectivity index (χ4v) is 5.03. The van der Waals surface area contributed by atoms with Crippen molar-refractivity contribution in [3.05, 3.63) is 22.4 Å². The number of hydrogen-bond acceptors (Lipinski definition) is 4. The molecule has 2 saturated heterocycles. The molecule has 0 aromatic carbocycles. The van der Waals surface area contributed by atoms with Crippen molar-refractivity contribution in [3.63, 3.8) is 0 Å². The Morgan fingerprint density at radius 2 is 1.97 bits per heavy atom. The molecule has 1 N–H and O–H groups in total. The van der Waals surface area contributed by atoms with Crippen LogP contribution in [-0.2, 0) is 16.1 Å². The maximum absolute atomic E-state index is 14.8. The van der Waals surface area contributed by atoms with Gasteiger partial charge in [0.05, 0.1) is 0 Å². The van der Waals surface area contributed by atoms with Crippen LogP contribution in [0.1, 0.15) is 31.7 Å². The minimum atomic E-state index is -5.08. The fraction of sp³-hybridized carbons (Fsp3) is 0.700. The first-order chi connectivity index (χ1) is 14.0. The Morgan fingerprint density at radius 3 is 2.50 bits per heavy atom. The molecule has 1 saturated carbocycles. The zero-order valence-corrected chi connectivity index (χ0v) is 17.5. The Labute approximate surface area is 176 Å². The third-order valence-electron chi connectivity index (χ3n) is 6.25. The van der Waals surface area contributed by atoms with Crippen LogP contribution in [0, 0.1) is 17.3 Å². The minimum Gasteiger partial charge on any atom is -0.475 e. The van der Waals surface area contributed by atoms with Crippen LogP contribution in [0.15, 0.2) is 16.8 Å². The second-order valence-electron chi connectivity index (χ2n) is 8.59. The summed E-state index contributed by atoms with van der Waals surface area (Å²) in [6.07, 6.45) is -3.44. The van der Waals surface area contributed by atoms with Crippen molar-refractivity contribution in [1.82, 2.24) is 9.80 Å². The first-order valence-electron chi connectivity index (χ1n) is 9.98. The third-order valence-corrected chi connectivity index (χ3v) is 6.99. The number of hydrogen-bond donors (Lipinski definition) is 1. The molecule has 3 heterocycles. The lowest BCUT2D eigenvalue weighted by Gasteiger charge is -2.43. The van der Waals surface area contributed by atoms with E-state index < -0.39 is 18.3 Å². The lowest BCUT2D eigenvalue weighted by atomic mass is 9.77. The predicted octanol–water partition coefficient (Wildman–Crippen LogP) is 3.80. The first-order valence-corrected chi connectivity index (χ1v) is 10.9. The Kier molecular flexibility index (Phi) is 6.76. The van der Waals surface area contributed by atoms with E-state index in [0.717, 1.165) is 32.5 Å². The highest BCUT2D eigenvalue weighted by atomic mass is 32.1. The van der Waals surface area contributed by atoms with Gasteiger partial charge in [0.15, 0.2) is 0 Å². The molecule has 1 aromatic heterocycles. The summed E-state index contributed by atoms with van der Waals surface area (Å²) >= 11 is 1.71. The quantitative estimate of drug-likeness (QED) is 0.712. The van der Waals surface area contributed by atoms with Gasteiger partial charge in [-0.25, -0.2) is 9.18 Å². The number of thiophene rings is 1. The van der Waals surface area contributed by atoms with Crippen LogP contribution in [0.5, 0.6) is 0 Å². The van der Waals surface area contributed by atoms with E-state index in [1.54, 1.807) is 11.3 Å². The molecule has 0 bridgehead atoms. The number of likely N-dealkylation sites (tertiary alicyclic amines) is 2. The van der Waals surface area contributed by atoms with Gasteiger partial charge in [0, 0.05) is 37.5 Å². The molecule has 5 nitrogen and oxygen atoms in total. The SMILES string of the molecule is CC1CC1C(=O)N1CCC(F)C2(CCN(Cc3ccsc3)C2)C1.O=C(O)C(F)(F)F. The molecule has 0 radical (unpaired) electrons. The van der Waals surface area contributed by atoms with E-state index in [1.807, 2.05) is 4.90 Å². The van der Waals surface area contributed by atoms with Crippen LogP contribution in [-0.4, -0.2) is 65.3 Å². The van der Waals surface area contributed by atoms with Crippen LogP contribution >= 0.6 is 11.3 Å². The van der Waals surface area contributed by atoms with E-state index in [4.69, 9.17) is 9.90 Å². The zero-order valence-electron chi connectivity index (χ0n) is 16.7. The van der Waals surface area contributed by atoms with Gasteiger partial charge in [-0.05, 0) is 54.1 Å². The van der Waals surface area contributed by atoms with Gasteiger partial charge in [-0.2, -0.15) is 24.5 Å². The molecule has 4 unspecified atom stereocenters. The molecule has 10 heteroatoms. The molecule has 2 aliphatic heterocycles. The van der Waals surface area contributed by atoms with Gasteiger partial charge in [-0.15, -0.1) is 0 Å². The van der Waals surface area contributed by atoms with Crippen molar-refractivity contribution in [2.75, 3.05) is 26.2 Å². The Balaban J connectivity index is 0.000000318. The van der Waals surface area contributed by atoms with Gasteiger partial charge in [-0.1, -0.05) is 6.92 Å². The van der Waals surface area contributed by atoms with Crippen LogP contribution in [0.4, 0.5) is 17.6 Å². The minimum absolute atomic E-state index is 0.214. The molecule has 1 aromatic rings. The molecular weight excluding hydrogens is 424 g/mol. The number of carbonyl (C=O) groups is 2. The number of carbonyl (C=O) groups excluding carboxylic acids is 1. The van der Waals surface area contributed by atoms with Gasteiger partial charge in [-0.3, -0.25) is 9.69 Å². The van der Waals surface area contributed by atoms with E-state index in [0.29, 0.717) is 25.4 Å². The van der Waals surface area contributed by atoms with Crippen molar-refractivity contribution in [3.8, 4) is 0 Å². The van der Waals surface area contributed by atoms with Crippen LogP contribution in [0.25, 0.3) is 0 Å². The third kappa shape index (κ3) is 5.32. The maximum atomic E-state index is 14.8. The summed E-state index contributed by atoms with van der Waals surface area (Å²) in [4.78, 5) is 25.8. The topological polar surface area (TPSA) is 60.9 Å². The number of nitrogens with zero attached hydrogens (tertiary/aromatic N) is 2. The van der Waals surface area contributed by atoms with E-state index >= 15 is 0 Å². The van der Waals surface area contributed by atoms with Crippen molar-refractivity contribution < 1.29 is 32.3 Å². The van der Waals surface area contributed by atoms with E-state index in [1.165, 1.54) is 5.56 Å². The molecule has 1 aliphatic carbocycles. The Hall–Kier alpha value is -1.68. The van der Waals surface area contributed by atoms with Crippen molar-refractivity contribution >= 4 is 23.2 Å². The highest BCUT2D eigenvalue weighted by Gasteiger charge is 2.51. The molecule has 168 valence electrons. The number of aliphatic carboxylic acids is 1. The molecule has 4 rings (SSSR count). The van der Waals surface area contributed by atoms with Gasteiger partial charge in [0.2, 0.25) is 5.91 Å². The second kappa shape index (κ2) is 8.82. The monoisotopic (exact) mass is 450 g/mol. The average Bonchev–Trinajstić information content (AvgIpc) is 3.05. The number of halogens is 4. The van der Waals surface area contributed by atoms with E-state index in [9.17, 15) is 22.4 Å². The van der Waals surface area contributed by atoms with Crippen molar-refractivity contribution in [2.45, 2.75) is 45.1 Å². The standard InChI is InChI=1S/C18H25FN2OS.C2HF3O2/c1-13-8-15(13)17(22)21-5-2-16(19)18(12-21)4-6-20(11-18)9-14-3-7-23-10-14;3-2(4,5)1(6)7/h3,7,10,13,15-16H,2,4-6,8-9,11-12H2,1H3;(H,6,7). The molecule has 3 fully saturated rings. The lowest BCUT2D eigenvalue weighted by Crippen LogP contribution is -2.53. The lowest BCUT2D eigenvalue weighted by molar-refractivity contribution is -0.192. The number of piperidine rings is 1. The Bertz CT molecular complexity index is 758. The van der Waals surface area contributed by atoms with Crippen LogP contribution in [0.3, 0.4) is 0 Å². The highest BCUT2D eigenvalue weighted by Crippen LogP contribution is 2.44. The summed E-state index contributed by atoms with van der Waals surface area (Å²) in [5.41, 5.74) is 0.986. The molecule has 1 spiro atoms. The summed E-state index contributed by atoms with van der Waals surface area (Å²) in [6, 6.07) is 2.15. The average molecular weight is 450 g/mol. The van der Waals surface area contributed by atoms with Gasteiger partial charge < -0.3 is 10.0 Å². The number of rotatable bonds is 3. The smallest absolute Gasteiger partial charge is 0.475 e. The second-order valence-corrected chi connectivity index (χ2v) is 9.37. The van der Waals surface area contributed by atoms with Gasteiger partial charge in [0.1, 0.15) is 6.17 Å². The van der Waals surface area contributed by atoms with Crippen LogP contribution < -0.4 is 0 Å². The number of amides is 1. The Morgan fingerprint density at radius 1 is 1.30 bits per heavy atom. The number of carboxylic acid groups (broad SMARTS) is 1. The predicted molar refractivity (Wildman–Crippen MR) is 104 cm³/mol. The number of alkyl halides is 4. The maximum Gasteiger partial charge on any atom is 0.490 e. The summed E-state index contributed by atoms with van der Waals surface area (Å²) in [7, 11) is 0. The van der Waals surface area contributed by atoms with Crippen LogP contribution in [0.2, 0.25) is 0 Å². The highest BCUT2D eigenvalue weighted by molar-refractivity contribution is 7.07. The summed E-state index contributed by atoms with van der Waals surface area (Å²) in [6.45, 7) is 6.00. The van der Waals surface area contributed by atoms with E-state index in [2.05, 4.69) is 28.7 Å². The molecule has 3 aliphatic rings. The zero-order chi connectivity index (χ0) is 22.1. The normalized spacial score (nSPS) is 31.4. The molecule has 1 amide bonds. The van der Waals surface area contributed by atoms with Crippen molar-refractivity contribution in [2.24, 2.45) is 17.3 Å². The number of carboxylic acids is 1. The summed E-state index contributed by atoms with van der Waals surface area (Å²) in [5, 5.41) is 11.4. The van der Waals surface area contributed by atoms with E-state index in [-0.39, 0.29) is 17.2 Å². The largest absolute Gasteiger partial charge is 0.490 e. The first kappa shape index (κ1) is 23.0. The summed E-state index contributed by atoms with van der Waals surface area (Å²) < 4.78 is 46.5. The van der Waals surface area contributed by atoms with Gasteiger partial charge >= 0.3 is 12.1 Å². The molecule has 4 atom stereocenters. The molecule has 30 heavy (non-hydrogen) atoms. The van der Waals surface area contributed by atoms with Crippen molar-refractivity contribution in [1.29, 1.82) is 0 Å². The molecular formula is C20H26F4N2O3S. The summed E-state index contributed by atoms with van der Waals surface area (Å²) in [5.74, 6) is -1.74. The fourth-order valence-electron chi connectivity index (χ4n) is 4.37. The van der Waals surface area contributed by atoms with Gasteiger partial charge in [0.25, 0.3) is 0 Å².